The van der Waals surface area contributed by atoms with Crippen molar-refractivity contribution >= 4 is 24.8 Å². The van der Waals surface area contributed by atoms with E-state index in [0.717, 1.165) is 4.88 Å². The van der Waals surface area contributed by atoms with Gasteiger partial charge in [-0.15, -0.1) is 11.3 Å². The van der Waals surface area contributed by atoms with Crippen LogP contribution < -0.4 is 5.32 Å². The third kappa shape index (κ3) is 3.22. The van der Waals surface area contributed by atoms with E-state index in [4.69, 9.17) is 9.05 Å². The van der Waals surface area contributed by atoms with Crippen molar-refractivity contribution in [1.29, 1.82) is 0 Å². The Bertz CT molecular complexity index is 539. The number of hydrogen-bond acceptors (Lipinski definition) is 6. The van der Waals surface area contributed by atoms with Crippen molar-refractivity contribution in [3.05, 3.63) is 46.8 Å². The van der Waals surface area contributed by atoms with Crippen LogP contribution in [0, 0.1) is 0 Å². The SMILES string of the molecule is COP(=O)(OC)[C@H](Nc1ccccn1)c1cccs1. The zero-order valence-corrected chi connectivity index (χ0v) is 12.4. The lowest BCUT2D eigenvalue weighted by atomic mass is 10.4. The summed E-state index contributed by atoms with van der Waals surface area (Å²) in [6, 6.07) is 9.25. The molecule has 102 valence electrons. The van der Waals surface area contributed by atoms with Gasteiger partial charge < -0.3 is 14.4 Å². The van der Waals surface area contributed by atoms with Crippen LogP contribution in [0.15, 0.2) is 41.9 Å². The summed E-state index contributed by atoms with van der Waals surface area (Å²) in [6.45, 7) is 0. The van der Waals surface area contributed by atoms with E-state index in [-0.39, 0.29) is 0 Å². The van der Waals surface area contributed by atoms with Crippen molar-refractivity contribution in [2.75, 3.05) is 19.5 Å². The molecule has 7 heteroatoms. The topological polar surface area (TPSA) is 60.5 Å². The number of anilines is 1. The first-order valence-electron chi connectivity index (χ1n) is 5.62. The summed E-state index contributed by atoms with van der Waals surface area (Å²) in [5, 5.41) is 5.02. The highest BCUT2D eigenvalue weighted by Gasteiger charge is 2.36. The fourth-order valence-corrected chi connectivity index (χ4v) is 4.11. The van der Waals surface area contributed by atoms with Crippen LogP contribution in [0.25, 0.3) is 0 Å². The first kappa shape index (κ1) is 14.2. The molecule has 5 nitrogen and oxygen atoms in total. The van der Waals surface area contributed by atoms with Gasteiger partial charge in [0.05, 0.1) is 0 Å². The van der Waals surface area contributed by atoms with Gasteiger partial charge in [-0.05, 0) is 23.6 Å². The number of aromatic nitrogens is 1. The molecule has 0 aliphatic rings. The standard InChI is InChI=1S/C12H15N2O3PS/c1-16-18(15,17-2)12(10-6-5-9-19-10)14-11-7-3-4-8-13-11/h3-9,12H,1-2H3,(H,13,14)/t12-/m0/s1. The number of rotatable bonds is 6. The molecule has 0 amide bonds. The average molecular weight is 298 g/mol. The van der Waals surface area contributed by atoms with Crippen LogP contribution in [0.3, 0.4) is 0 Å². The number of thiophene rings is 1. The summed E-state index contributed by atoms with van der Waals surface area (Å²) in [4.78, 5) is 5.04. The van der Waals surface area contributed by atoms with E-state index in [2.05, 4.69) is 10.3 Å². The van der Waals surface area contributed by atoms with Gasteiger partial charge in [-0.3, -0.25) is 4.57 Å². The van der Waals surface area contributed by atoms with Gasteiger partial charge in [0.15, 0.2) is 5.78 Å². The van der Waals surface area contributed by atoms with Gasteiger partial charge in [0.2, 0.25) is 0 Å². The maximum Gasteiger partial charge on any atom is 0.357 e. The van der Waals surface area contributed by atoms with Crippen LogP contribution in [0.1, 0.15) is 10.7 Å². The first-order chi connectivity index (χ1) is 9.19. The molecule has 2 aromatic rings. The minimum absolute atomic E-state index is 0.572. The maximum absolute atomic E-state index is 12.6. The number of hydrogen-bond donors (Lipinski definition) is 1. The van der Waals surface area contributed by atoms with Crippen LogP contribution >= 0.6 is 18.9 Å². The van der Waals surface area contributed by atoms with Crippen LogP contribution in [-0.4, -0.2) is 19.2 Å². The molecule has 0 bridgehead atoms. The molecule has 2 heterocycles. The smallest absolute Gasteiger partial charge is 0.352 e. The summed E-state index contributed by atoms with van der Waals surface area (Å²) in [5.41, 5.74) is 0. The molecule has 2 rings (SSSR count). The molecule has 0 aliphatic carbocycles. The predicted octanol–water partition coefficient (Wildman–Crippen LogP) is 3.74. The number of pyridine rings is 1. The Labute approximate surface area is 116 Å². The lowest BCUT2D eigenvalue weighted by molar-refractivity contribution is 0.269. The van der Waals surface area contributed by atoms with E-state index in [1.54, 1.807) is 12.3 Å². The normalized spacial score (nSPS) is 13.2. The fraction of sp³-hybridized carbons (Fsp3) is 0.250. The third-order valence-electron chi connectivity index (χ3n) is 2.59. The van der Waals surface area contributed by atoms with Gasteiger partial charge in [0.1, 0.15) is 5.82 Å². The summed E-state index contributed by atoms with van der Waals surface area (Å²) >= 11 is 1.49. The molecule has 0 unspecified atom stereocenters. The average Bonchev–Trinajstić information content (AvgIpc) is 2.99. The van der Waals surface area contributed by atoms with Crippen LogP contribution in [-0.2, 0) is 13.6 Å². The molecular formula is C12H15N2O3PS. The minimum atomic E-state index is -3.29. The molecule has 2 aromatic heterocycles. The zero-order valence-electron chi connectivity index (χ0n) is 10.6. The van der Waals surface area contributed by atoms with E-state index in [1.165, 1.54) is 25.6 Å². The monoisotopic (exact) mass is 298 g/mol. The lowest BCUT2D eigenvalue weighted by Crippen LogP contribution is -2.13. The van der Waals surface area contributed by atoms with Crippen LogP contribution in [0.2, 0.25) is 0 Å². The Morgan fingerprint density at radius 3 is 2.58 bits per heavy atom. The van der Waals surface area contributed by atoms with Gasteiger partial charge >= 0.3 is 7.60 Å². The molecule has 0 saturated heterocycles. The Morgan fingerprint density at radius 2 is 2.05 bits per heavy atom. The van der Waals surface area contributed by atoms with Crippen molar-refractivity contribution < 1.29 is 13.6 Å². The Kier molecular flexibility index (Phi) is 4.71. The summed E-state index contributed by atoms with van der Waals surface area (Å²) in [7, 11) is -0.526. The Morgan fingerprint density at radius 1 is 1.26 bits per heavy atom. The van der Waals surface area contributed by atoms with Crippen molar-refractivity contribution in [3.63, 3.8) is 0 Å². The summed E-state index contributed by atoms with van der Waals surface area (Å²) in [5.74, 6) is 0.0487. The van der Waals surface area contributed by atoms with Gasteiger partial charge in [-0.2, -0.15) is 0 Å². The Balaban J connectivity index is 2.33. The highest BCUT2D eigenvalue weighted by molar-refractivity contribution is 7.54. The minimum Gasteiger partial charge on any atom is -0.352 e. The van der Waals surface area contributed by atoms with Crippen LogP contribution in [0.4, 0.5) is 5.82 Å². The Hall–Kier alpha value is -1.20. The van der Waals surface area contributed by atoms with Gasteiger partial charge in [-0.1, -0.05) is 12.1 Å². The van der Waals surface area contributed by atoms with Crippen molar-refractivity contribution in [3.8, 4) is 0 Å². The van der Waals surface area contributed by atoms with E-state index >= 15 is 0 Å². The molecule has 0 spiro atoms. The van der Waals surface area contributed by atoms with E-state index < -0.39 is 13.4 Å². The quantitative estimate of drug-likeness (QED) is 0.823. The number of nitrogens with zero attached hydrogens (tertiary/aromatic N) is 1. The van der Waals surface area contributed by atoms with E-state index in [0.29, 0.717) is 5.82 Å². The maximum atomic E-state index is 12.6. The molecular weight excluding hydrogens is 283 g/mol. The molecule has 1 N–H and O–H groups in total. The van der Waals surface area contributed by atoms with Gasteiger partial charge in [0, 0.05) is 25.3 Å². The summed E-state index contributed by atoms with van der Waals surface area (Å²) < 4.78 is 22.8. The highest BCUT2D eigenvalue weighted by Crippen LogP contribution is 2.60. The van der Waals surface area contributed by atoms with Crippen molar-refractivity contribution in [2.24, 2.45) is 0 Å². The number of nitrogens with one attached hydrogen (secondary N) is 1. The molecule has 0 aliphatic heterocycles. The molecule has 19 heavy (non-hydrogen) atoms. The molecule has 0 fully saturated rings. The molecule has 1 atom stereocenters. The van der Waals surface area contributed by atoms with Crippen LogP contribution in [0.5, 0.6) is 0 Å². The second-order valence-corrected chi connectivity index (χ2v) is 6.99. The molecule has 0 radical (unpaired) electrons. The van der Waals surface area contributed by atoms with Gasteiger partial charge in [0.25, 0.3) is 0 Å². The van der Waals surface area contributed by atoms with Crippen molar-refractivity contribution in [1.82, 2.24) is 4.98 Å². The first-order valence-corrected chi connectivity index (χ1v) is 8.11. The zero-order chi connectivity index (χ0) is 13.7. The predicted molar refractivity (Wildman–Crippen MR) is 76.5 cm³/mol. The summed E-state index contributed by atoms with van der Waals surface area (Å²) in [6.07, 6.45) is 1.67. The second-order valence-electron chi connectivity index (χ2n) is 3.68. The lowest BCUT2D eigenvalue weighted by Gasteiger charge is -2.24. The molecule has 0 saturated carbocycles. The third-order valence-corrected chi connectivity index (χ3v) is 5.76. The second kappa shape index (κ2) is 6.30. The molecule has 0 aromatic carbocycles. The highest BCUT2D eigenvalue weighted by atomic mass is 32.1. The van der Waals surface area contributed by atoms with Crippen molar-refractivity contribution in [2.45, 2.75) is 5.78 Å². The largest absolute Gasteiger partial charge is 0.357 e. The van der Waals surface area contributed by atoms with E-state index in [1.807, 2.05) is 29.6 Å². The van der Waals surface area contributed by atoms with E-state index in [9.17, 15) is 4.57 Å². The van der Waals surface area contributed by atoms with Gasteiger partial charge in [-0.25, -0.2) is 4.98 Å². The fourth-order valence-electron chi connectivity index (χ4n) is 1.63.